The van der Waals surface area contributed by atoms with E-state index >= 15 is 0 Å². The molecule has 2 atom stereocenters. The van der Waals surface area contributed by atoms with Gasteiger partial charge >= 0.3 is 0 Å². The lowest BCUT2D eigenvalue weighted by Gasteiger charge is -2.23. The molecule has 1 fully saturated rings. The maximum absolute atomic E-state index is 12.1. The molecule has 0 aromatic heterocycles. The van der Waals surface area contributed by atoms with Crippen molar-refractivity contribution in [2.45, 2.75) is 38.0 Å². The molecule has 0 saturated heterocycles. The molecule has 6 heteroatoms. The second-order valence-corrected chi connectivity index (χ2v) is 5.54. The summed E-state index contributed by atoms with van der Waals surface area (Å²) in [7, 11) is 1.77. The molecule has 1 saturated carbocycles. The van der Waals surface area contributed by atoms with Crippen LogP contribution in [0.5, 0.6) is 0 Å². The minimum atomic E-state index is -1.18. The van der Waals surface area contributed by atoms with Gasteiger partial charge in [0.05, 0.1) is 11.4 Å². The predicted molar refractivity (Wildman–Crippen MR) is 85.6 cm³/mol. The largest absolute Gasteiger partial charge is 0.386 e. The highest BCUT2D eigenvalue weighted by atomic mass is 16.3. The summed E-state index contributed by atoms with van der Waals surface area (Å²) in [5.74, 6) is -0.198. The third-order valence-electron chi connectivity index (χ3n) is 4.02. The Labute approximate surface area is 130 Å². The van der Waals surface area contributed by atoms with Crippen LogP contribution in [0.1, 0.15) is 25.7 Å². The first-order valence-corrected chi connectivity index (χ1v) is 7.62. The smallest absolute Gasteiger partial charge is 0.223 e. The molecule has 0 radical (unpaired) electrons. The van der Waals surface area contributed by atoms with Crippen molar-refractivity contribution in [3.05, 3.63) is 24.3 Å². The van der Waals surface area contributed by atoms with Gasteiger partial charge in [-0.1, -0.05) is 25.0 Å². The Morgan fingerprint density at radius 1 is 1.27 bits per heavy atom. The highest BCUT2D eigenvalue weighted by molar-refractivity contribution is 5.82. The number of aldehydes is 1. The van der Waals surface area contributed by atoms with Crippen LogP contribution >= 0.6 is 0 Å². The second kappa shape index (κ2) is 7.79. The van der Waals surface area contributed by atoms with E-state index in [0.717, 1.165) is 31.4 Å². The SMILES string of the molecule is CNc1ccccc1NC(O)C(C=O)NC(=O)C1CCCC1. The van der Waals surface area contributed by atoms with Crippen LogP contribution in [0, 0.1) is 5.92 Å². The molecule has 0 heterocycles. The standard InChI is InChI=1S/C16H23N3O3/c1-17-12-8-4-5-9-13(12)18-16(22)14(10-20)19-15(21)11-6-2-3-7-11/h4-5,8-11,14,16-18,22H,2-3,6-7H2,1H3,(H,19,21). The van der Waals surface area contributed by atoms with Gasteiger partial charge in [-0.2, -0.15) is 0 Å². The molecule has 1 aromatic rings. The Hall–Kier alpha value is -2.08. The molecule has 4 N–H and O–H groups in total. The zero-order valence-corrected chi connectivity index (χ0v) is 12.7. The summed E-state index contributed by atoms with van der Waals surface area (Å²) < 4.78 is 0. The van der Waals surface area contributed by atoms with Gasteiger partial charge in [0.1, 0.15) is 12.3 Å². The van der Waals surface area contributed by atoms with Crippen molar-refractivity contribution in [1.82, 2.24) is 5.32 Å². The lowest BCUT2D eigenvalue weighted by Crippen LogP contribution is -2.49. The zero-order valence-electron chi connectivity index (χ0n) is 12.7. The van der Waals surface area contributed by atoms with Gasteiger partial charge in [-0.15, -0.1) is 0 Å². The Balaban J connectivity index is 1.97. The number of aliphatic hydroxyl groups excluding tert-OH is 1. The monoisotopic (exact) mass is 305 g/mol. The van der Waals surface area contributed by atoms with Crippen LogP contribution in [0.25, 0.3) is 0 Å². The molecule has 2 unspecified atom stereocenters. The van der Waals surface area contributed by atoms with E-state index in [1.807, 2.05) is 18.2 Å². The first-order valence-electron chi connectivity index (χ1n) is 7.62. The normalized spacial score (nSPS) is 17.5. The number of nitrogens with one attached hydrogen (secondary N) is 3. The molecule has 0 spiro atoms. The minimum Gasteiger partial charge on any atom is -0.386 e. The third kappa shape index (κ3) is 3.98. The van der Waals surface area contributed by atoms with Crippen molar-refractivity contribution in [2.24, 2.45) is 5.92 Å². The van der Waals surface area contributed by atoms with E-state index < -0.39 is 12.3 Å². The molecule has 22 heavy (non-hydrogen) atoms. The number of rotatable bonds is 7. The van der Waals surface area contributed by atoms with Crippen LogP contribution in [0.15, 0.2) is 24.3 Å². The number of carbonyl (C=O) groups excluding carboxylic acids is 2. The number of hydrogen-bond donors (Lipinski definition) is 4. The average molecular weight is 305 g/mol. The van der Waals surface area contributed by atoms with E-state index in [1.54, 1.807) is 13.1 Å². The van der Waals surface area contributed by atoms with Gasteiger partial charge in [0.25, 0.3) is 0 Å². The van der Waals surface area contributed by atoms with E-state index in [2.05, 4.69) is 16.0 Å². The molecule has 2 rings (SSSR count). The maximum Gasteiger partial charge on any atom is 0.223 e. The van der Waals surface area contributed by atoms with Crippen LogP contribution < -0.4 is 16.0 Å². The van der Waals surface area contributed by atoms with Crippen LogP contribution in [-0.2, 0) is 9.59 Å². The number of hydrogen-bond acceptors (Lipinski definition) is 5. The Bertz CT molecular complexity index is 515. The Kier molecular flexibility index (Phi) is 5.77. The fourth-order valence-corrected chi connectivity index (χ4v) is 2.73. The number of benzene rings is 1. The summed E-state index contributed by atoms with van der Waals surface area (Å²) in [6.45, 7) is 0. The van der Waals surface area contributed by atoms with Crippen molar-refractivity contribution in [3.8, 4) is 0 Å². The van der Waals surface area contributed by atoms with E-state index in [-0.39, 0.29) is 11.8 Å². The summed E-state index contributed by atoms with van der Waals surface area (Å²) in [6, 6.07) is 6.35. The first kappa shape index (κ1) is 16.3. The summed E-state index contributed by atoms with van der Waals surface area (Å²) in [5, 5.41) is 18.7. The van der Waals surface area contributed by atoms with Crippen LogP contribution in [0.3, 0.4) is 0 Å². The van der Waals surface area contributed by atoms with E-state index in [0.29, 0.717) is 12.0 Å². The topological polar surface area (TPSA) is 90.5 Å². The van der Waals surface area contributed by atoms with Gasteiger partial charge in [-0.25, -0.2) is 0 Å². The van der Waals surface area contributed by atoms with E-state index in [9.17, 15) is 14.7 Å². The van der Waals surface area contributed by atoms with Crippen molar-refractivity contribution >= 4 is 23.6 Å². The highest BCUT2D eigenvalue weighted by Gasteiger charge is 2.27. The average Bonchev–Trinajstić information content (AvgIpc) is 3.07. The van der Waals surface area contributed by atoms with Crippen molar-refractivity contribution < 1.29 is 14.7 Å². The number of amides is 1. The van der Waals surface area contributed by atoms with Gasteiger partial charge in [0.15, 0.2) is 6.23 Å². The predicted octanol–water partition coefficient (Wildman–Crippen LogP) is 1.33. The lowest BCUT2D eigenvalue weighted by atomic mass is 10.1. The minimum absolute atomic E-state index is 0.0424. The van der Waals surface area contributed by atoms with Gasteiger partial charge in [-0.3, -0.25) is 4.79 Å². The molecule has 1 aliphatic rings. The number of anilines is 2. The van der Waals surface area contributed by atoms with Crippen molar-refractivity contribution in [3.63, 3.8) is 0 Å². The van der Waals surface area contributed by atoms with Gasteiger partial charge in [0.2, 0.25) is 5.91 Å². The zero-order chi connectivity index (χ0) is 15.9. The van der Waals surface area contributed by atoms with Crippen LogP contribution in [0.2, 0.25) is 0 Å². The summed E-state index contributed by atoms with van der Waals surface area (Å²) in [5.41, 5.74) is 1.47. The number of aliphatic hydroxyl groups is 1. The van der Waals surface area contributed by atoms with E-state index in [1.165, 1.54) is 0 Å². The fraction of sp³-hybridized carbons (Fsp3) is 0.500. The highest BCUT2D eigenvalue weighted by Crippen LogP contribution is 2.25. The van der Waals surface area contributed by atoms with Crippen molar-refractivity contribution in [1.29, 1.82) is 0 Å². The molecular formula is C16H23N3O3. The van der Waals surface area contributed by atoms with Crippen LogP contribution in [0.4, 0.5) is 11.4 Å². The second-order valence-electron chi connectivity index (χ2n) is 5.54. The van der Waals surface area contributed by atoms with Crippen LogP contribution in [-0.4, -0.2) is 36.6 Å². The Morgan fingerprint density at radius 2 is 1.91 bits per heavy atom. The molecule has 0 aliphatic heterocycles. The lowest BCUT2D eigenvalue weighted by molar-refractivity contribution is -0.128. The molecule has 1 aromatic carbocycles. The summed E-state index contributed by atoms with van der Waals surface area (Å²) in [4.78, 5) is 23.3. The molecule has 0 bridgehead atoms. The summed E-state index contributed by atoms with van der Waals surface area (Å²) in [6.07, 6.45) is 3.16. The molecule has 1 amide bonds. The van der Waals surface area contributed by atoms with Gasteiger partial charge in [-0.05, 0) is 25.0 Å². The van der Waals surface area contributed by atoms with Gasteiger partial charge in [0, 0.05) is 13.0 Å². The number of para-hydroxylation sites is 2. The van der Waals surface area contributed by atoms with E-state index in [4.69, 9.17) is 0 Å². The maximum atomic E-state index is 12.1. The molecule has 6 nitrogen and oxygen atoms in total. The first-order chi connectivity index (χ1) is 10.7. The summed E-state index contributed by atoms with van der Waals surface area (Å²) >= 11 is 0. The quantitative estimate of drug-likeness (QED) is 0.451. The molecule has 1 aliphatic carbocycles. The molecule has 120 valence electrons. The fourth-order valence-electron chi connectivity index (χ4n) is 2.73. The Morgan fingerprint density at radius 3 is 2.50 bits per heavy atom. The number of carbonyl (C=O) groups is 2. The third-order valence-corrected chi connectivity index (χ3v) is 4.02. The molecular weight excluding hydrogens is 282 g/mol. The van der Waals surface area contributed by atoms with Gasteiger partial charge < -0.3 is 25.9 Å². The van der Waals surface area contributed by atoms with Crippen molar-refractivity contribution in [2.75, 3.05) is 17.7 Å².